The number of aliphatic carboxylic acids is 2. The van der Waals surface area contributed by atoms with E-state index in [0.29, 0.717) is 6.07 Å². The van der Waals surface area contributed by atoms with Gasteiger partial charge in [0, 0.05) is 6.42 Å². The molecule has 5 rings (SSSR count). The lowest BCUT2D eigenvalue weighted by Crippen LogP contribution is -2.53. The van der Waals surface area contributed by atoms with E-state index in [9.17, 15) is 34.1 Å². The first-order valence-corrected chi connectivity index (χ1v) is 11.0. The van der Waals surface area contributed by atoms with Crippen molar-refractivity contribution in [2.75, 3.05) is 5.73 Å². The van der Waals surface area contributed by atoms with E-state index >= 15 is 4.39 Å². The van der Waals surface area contributed by atoms with Gasteiger partial charge in [0.1, 0.15) is 23.5 Å². The van der Waals surface area contributed by atoms with Crippen LogP contribution in [0.4, 0.5) is 14.6 Å². The molecular formula is C21H16ClF2N5O9. The molecule has 5 atom stereocenters. The molecule has 0 amide bonds. The zero-order chi connectivity index (χ0) is 27.7. The maximum atomic E-state index is 15.5. The molecular weight excluding hydrogens is 540 g/mol. The molecule has 2 fully saturated rings. The molecule has 1 aliphatic carbocycles. The lowest BCUT2D eigenvalue weighted by molar-refractivity contribution is -0.194. The zero-order valence-electron chi connectivity index (χ0n) is 18.7. The van der Waals surface area contributed by atoms with E-state index in [1.807, 2.05) is 0 Å². The highest BCUT2D eigenvalue weighted by atomic mass is 35.5. The number of aromatic nitrogens is 4. The Balaban J connectivity index is 1.42. The molecule has 3 heterocycles. The summed E-state index contributed by atoms with van der Waals surface area (Å²) in [5, 5.41) is 39.2. The van der Waals surface area contributed by atoms with E-state index in [2.05, 4.69) is 15.0 Å². The van der Waals surface area contributed by atoms with Crippen LogP contribution in [0.5, 0.6) is 0 Å². The molecule has 1 saturated heterocycles. The average Bonchev–Trinajstić information content (AvgIpc) is 3.08. The number of nitrogens with two attached hydrogens (primary N) is 1. The number of carboxylic acids is 3. The molecule has 0 spiro atoms. The van der Waals surface area contributed by atoms with Gasteiger partial charge >= 0.3 is 17.9 Å². The maximum absolute atomic E-state index is 15.5. The topological polar surface area (TPSA) is 220 Å². The van der Waals surface area contributed by atoms with Crippen molar-refractivity contribution in [3.63, 3.8) is 0 Å². The Morgan fingerprint density at radius 2 is 1.92 bits per heavy atom. The Bertz CT molecular complexity index is 1510. The monoisotopic (exact) mass is 555 g/mol. The van der Waals surface area contributed by atoms with Gasteiger partial charge in [-0.15, -0.1) is 0 Å². The predicted molar refractivity (Wildman–Crippen MR) is 118 cm³/mol. The molecule has 14 nitrogen and oxygen atoms in total. The number of anilines is 1. The van der Waals surface area contributed by atoms with E-state index in [0.717, 1.165) is 23.0 Å². The molecule has 2 aliphatic rings. The van der Waals surface area contributed by atoms with Crippen LogP contribution in [-0.4, -0.2) is 87.4 Å². The number of rotatable bonds is 8. The Morgan fingerprint density at radius 1 is 1.24 bits per heavy atom. The van der Waals surface area contributed by atoms with Crippen LogP contribution >= 0.6 is 11.6 Å². The van der Waals surface area contributed by atoms with E-state index in [1.165, 1.54) is 0 Å². The van der Waals surface area contributed by atoms with Gasteiger partial charge in [-0.3, -0.25) is 4.57 Å². The first-order valence-electron chi connectivity index (χ1n) is 10.6. The number of benzene rings is 1. The third kappa shape index (κ3) is 3.64. The van der Waals surface area contributed by atoms with Gasteiger partial charge in [-0.05, 0) is 29.3 Å². The number of imidazole rings is 1. The van der Waals surface area contributed by atoms with Crippen molar-refractivity contribution in [2.45, 2.75) is 42.2 Å². The van der Waals surface area contributed by atoms with Gasteiger partial charge in [0.25, 0.3) is 5.60 Å². The van der Waals surface area contributed by atoms with Crippen LogP contribution in [0.25, 0.3) is 11.2 Å². The van der Waals surface area contributed by atoms with Gasteiger partial charge in [0.05, 0.1) is 11.9 Å². The summed E-state index contributed by atoms with van der Waals surface area (Å²) in [4.78, 5) is 46.8. The summed E-state index contributed by atoms with van der Waals surface area (Å²) < 4.78 is 41.5. The highest BCUT2D eigenvalue weighted by molar-refractivity contribution is 6.28. The summed E-state index contributed by atoms with van der Waals surface area (Å²) in [5.41, 5.74) is -0.761. The number of nitrogens with zero attached hydrogens (tertiary/aromatic N) is 4. The fourth-order valence-electron chi connectivity index (χ4n) is 4.46. The van der Waals surface area contributed by atoms with Crippen LogP contribution < -0.4 is 5.73 Å². The SMILES string of the molecule is Nc1nc(Cl)nc2c1ncn2[C@@H]1O[C@@H]2C(OC(Cc3ccc(C(=O)O)c(F)c3)(C(=O)O)C(=O)O)[C@]2(O)[C@@H]1F. The number of carboxylic acid groups (broad SMARTS) is 3. The summed E-state index contributed by atoms with van der Waals surface area (Å²) in [7, 11) is 0. The van der Waals surface area contributed by atoms with Crippen molar-refractivity contribution in [3.05, 3.63) is 46.8 Å². The van der Waals surface area contributed by atoms with Gasteiger partial charge in [0.15, 0.2) is 29.5 Å². The number of hydrogen-bond donors (Lipinski definition) is 5. The van der Waals surface area contributed by atoms with E-state index in [4.69, 9.17) is 31.9 Å². The third-order valence-corrected chi connectivity index (χ3v) is 6.66. The van der Waals surface area contributed by atoms with Crippen molar-refractivity contribution >= 4 is 46.5 Å². The second kappa shape index (κ2) is 8.52. The van der Waals surface area contributed by atoms with Gasteiger partial charge in [-0.25, -0.2) is 28.1 Å². The van der Waals surface area contributed by atoms with E-state index in [-0.39, 0.29) is 27.8 Å². The molecule has 0 radical (unpaired) electrons. The number of fused-ring (bicyclic) bond motifs is 2. The van der Waals surface area contributed by atoms with Crippen LogP contribution in [0.1, 0.15) is 22.1 Å². The lowest BCUT2D eigenvalue weighted by atomic mass is 9.93. The van der Waals surface area contributed by atoms with Crippen LogP contribution in [0.3, 0.4) is 0 Å². The summed E-state index contributed by atoms with van der Waals surface area (Å²) in [6, 6.07) is 2.47. The smallest absolute Gasteiger partial charge is 0.348 e. The Morgan fingerprint density at radius 3 is 2.47 bits per heavy atom. The first kappa shape index (κ1) is 25.7. The van der Waals surface area contributed by atoms with Gasteiger partial charge in [-0.1, -0.05) is 6.07 Å². The molecule has 1 unspecified atom stereocenters. The fraction of sp³-hybridized carbons (Fsp3) is 0.333. The largest absolute Gasteiger partial charge is 0.479 e. The number of nitrogen functional groups attached to an aromatic ring is 1. The second-order valence-electron chi connectivity index (χ2n) is 8.71. The van der Waals surface area contributed by atoms with Crippen molar-refractivity contribution in [3.8, 4) is 0 Å². The van der Waals surface area contributed by atoms with Gasteiger partial charge < -0.3 is 35.6 Å². The molecule has 6 N–H and O–H groups in total. The summed E-state index contributed by atoms with van der Waals surface area (Å²) in [6.07, 6.45) is -6.95. The number of halogens is 3. The minimum Gasteiger partial charge on any atom is -0.479 e. The third-order valence-electron chi connectivity index (χ3n) is 6.49. The number of aromatic carboxylic acids is 1. The summed E-state index contributed by atoms with van der Waals surface area (Å²) in [6.45, 7) is 0. The van der Waals surface area contributed by atoms with Crippen molar-refractivity contribution in [2.24, 2.45) is 0 Å². The average molecular weight is 556 g/mol. The minimum absolute atomic E-state index is 0.0187. The number of ether oxygens (including phenoxy) is 2. The number of carbonyl (C=O) groups is 3. The van der Waals surface area contributed by atoms with E-state index in [1.54, 1.807) is 0 Å². The molecule has 1 aliphatic heterocycles. The first-order chi connectivity index (χ1) is 17.8. The zero-order valence-corrected chi connectivity index (χ0v) is 19.4. The van der Waals surface area contributed by atoms with E-state index < -0.39 is 71.5 Å². The highest BCUT2D eigenvalue weighted by Crippen LogP contribution is 2.58. The minimum atomic E-state index is -3.11. The maximum Gasteiger partial charge on any atom is 0.348 e. The Hall–Kier alpha value is -3.99. The summed E-state index contributed by atoms with van der Waals surface area (Å²) in [5.74, 6) is -7.00. The van der Waals surface area contributed by atoms with Crippen molar-refractivity contribution in [1.29, 1.82) is 0 Å². The second-order valence-corrected chi connectivity index (χ2v) is 9.05. The fourth-order valence-corrected chi connectivity index (χ4v) is 4.64. The van der Waals surface area contributed by atoms with Crippen LogP contribution in [0, 0.1) is 5.82 Å². The highest BCUT2D eigenvalue weighted by Gasteiger charge is 2.80. The predicted octanol–water partition coefficient (Wildman–Crippen LogP) is 0.415. The lowest BCUT2D eigenvalue weighted by Gasteiger charge is -2.28. The normalized spacial score (nSPS) is 26.3. The molecule has 17 heteroatoms. The molecule has 1 aromatic carbocycles. The van der Waals surface area contributed by atoms with Crippen LogP contribution in [0.2, 0.25) is 5.28 Å². The molecule has 0 bridgehead atoms. The molecule has 2 aromatic heterocycles. The Labute approximate surface area is 214 Å². The standard InChI is InChI=1S/C21H16ClF2N5O9/c22-19-27-13(25)9-14(28-19)29(5-26-9)15-10(24)21(36)11(37-15)12(21)38-20(17(32)33,18(34)35)4-6-1-2-7(16(30)31)8(23)3-6/h1-3,5,10-12,15,36H,4H2,(H,30,31)(H,32,33)(H,34,35)(H2,25,27,28)/t10-,11-,12?,15-,21+/m1/s1. The Kier molecular flexibility index (Phi) is 5.75. The number of hydrogen-bond acceptors (Lipinski definition) is 10. The molecule has 200 valence electrons. The van der Waals surface area contributed by atoms with Crippen molar-refractivity contribution < 1.29 is 53.1 Å². The molecule has 38 heavy (non-hydrogen) atoms. The number of alkyl halides is 1. The van der Waals surface area contributed by atoms with Crippen molar-refractivity contribution in [1.82, 2.24) is 19.5 Å². The van der Waals surface area contributed by atoms with Crippen LogP contribution in [-0.2, 0) is 25.5 Å². The van der Waals surface area contributed by atoms with Crippen LogP contribution in [0.15, 0.2) is 24.5 Å². The summed E-state index contributed by atoms with van der Waals surface area (Å²) >= 11 is 5.81. The quantitative estimate of drug-likeness (QED) is 0.188. The molecule has 3 aromatic rings. The molecule has 1 saturated carbocycles. The number of aliphatic hydroxyl groups is 1. The van der Waals surface area contributed by atoms with Gasteiger partial charge in [0.2, 0.25) is 5.28 Å². The van der Waals surface area contributed by atoms with Gasteiger partial charge in [-0.2, -0.15) is 9.97 Å².